The lowest BCUT2D eigenvalue weighted by Crippen LogP contribution is -2.18. The lowest BCUT2D eigenvalue weighted by molar-refractivity contribution is 0.590. The van der Waals surface area contributed by atoms with Crippen molar-refractivity contribution in [3.05, 3.63) is 30.4 Å². The average Bonchev–Trinajstić information content (AvgIpc) is 2.86. The number of nitrogens with zero attached hydrogens (tertiary/aromatic N) is 5. The van der Waals surface area contributed by atoms with Gasteiger partial charge in [-0.25, -0.2) is 14.6 Å². The van der Waals surface area contributed by atoms with Gasteiger partial charge in [-0.05, 0) is 6.92 Å². The summed E-state index contributed by atoms with van der Waals surface area (Å²) in [6, 6.07) is 0. The minimum Gasteiger partial charge on any atom is -0.387 e. The van der Waals surface area contributed by atoms with E-state index in [9.17, 15) is 0 Å². The first-order valence-electron chi connectivity index (χ1n) is 4.90. The van der Waals surface area contributed by atoms with Crippen molar-refractivity contribution in [2.75, 3.05) is 0 Å². The molecule has 2 N–H and O–H groups in total. The molecule has 0 saturated heterocycles. The number of aryl methyl sites for hydroxylation is 1. The normalized spacial score (nSPS) is 10.6. The van der Waals surface area contributed by atoms with Crippen molar-refractivity contribution < 1.29 is 0 Å². The van der Waals surface area contributed by atoms with Gasteiger partial charge >= 0.3 is 0 Å². The minimum absolute atomic E-state index is 0.285. The Bertz CT molecular complexity index is 500. The molecular formula is C9H12N6S. The Hall–Kier alpha value is -1.76. The zero-order valence-corrected chi connectivity index (χ0v) is 9.68. The van der Waals surface area contributed by atoms with Crippen LogP contribution < -0.4 is 5.73 Å². The standard InChI is InChI=1S/C9H12N6S/c1-2-15-7(12-6-13-15)5-14-4-3-11-9(14)8(10)16/h3-4,6H,2,5H2,1H3,(H2,10,16). The van der Waals surface area contributed by atoms with Gasteiger partial charge in [0, 0.05) is 18.9 Å². The number of nitrogens with two attached hydrogens (primary N) is 1. The van der Waals surface area contributed by atoms with Crippen molar-refractivity contribution in [3.63, 3.8) is 0 Å². The molecule has 0 spiro atoms. The second-order valence-electron chi connectivity index (χ2n) is 3.24. The van der Waals surface area contributed by atoms with Crippen molar-refractivity contribution in [1.29, 1.82) is 0 Å². The second-order valence-corrected chi connectivity index (χ2v) is 3.67. The zero-order chi connectivity index (χ0) is 11.5. The van der Waals surface area contributed by atoms with Gasteiger partial charge < -0.3 is 10.3 Å². The van der Waals surface area contributed by atoms with Crippen LogP contribution in [0.25, 0.3) is 0 Å². The maximum Gasteiger partial charge on any atom is 0.167 e. The fourth-order valence-electron chi connectivity index (χ4n) is 1.49. The summed E-state index contributed by atoms with van der Waals surface area (Å²) in [6.45, 7) is 3.37. The zero-order valence-electron chi connectivity index (χ0n) is 8.87. The summed E-state index contributed by atoms with van der Waals surface area (Å²) < 4.78 is 3.68. The van der Waals surface area contributed by atoms with E-state index in [1.807, 2.05) is 22.4 Å². The third kappa shape index (κ3) is 1.94. The first-order chi connectivity index (χ1) is 7.72. The van der Waals surface area contributed by atoms with Gasteiger partial charge in [0.2, 0.25) is 0 Å². The summed E-state index contributed by atoms with van der Waals surface area (Å²) in [6.07, 6.45) is 5.03. The molecule has 0 radical (unpaired) electrons. The SMILES string of the molecule is CCn1ncnc1Cn1ccnc1C(N)=S. The first kappa shape index (κ1) is 10.7. The molecular weight excluding hydrogens is 224 g/mol. The summed E-state index contributed by atoms with van der Waals surface area (Å²) >= 11 is 4.91. The van der Waals surface area contributed by atoms with Crippen LogP contribution >= 0.6 is 12.2 Å². The van der Waals surface area contributed by atoms with E-state index >= 15 is 0 Å². The topological polar surface area (TPSA) is 74.5 Å². The minimum atomic E-state index is 0.285. The number of imidazole rings is 1. The van der Waals surface area contributed by atoms with Crippen LogP contribution in [0.2, 0.25) is 0 Å². The van der Waals surface area contributed by atoms with E-state index in [0.717, 1.165) is 12.4 Å². The van der Waals surface area contributed by atoms with Crippen LogP contribution in [0, 0.1) is 0 Å². The van der Waals surface area contributed by atoms with Gasteiger partial charge in [-0.1, -0.05) is 12.2 Å². The van der Waals surface area contributed by atoms with Gasteiger partial charge in [-0.2, -0.15) is 5.10 Å². The third-order valence-electron chi connectivity index (χ3n) is 2.24. The van der Waals surface area contributed by atoms with E-state index in [1.165, 1.54) is 6.33 Å². The third-order valence-corrected chi connectivity index (χ3v) is 2.43. The molecule has 2 heterocycles. The molecule has 7 heteroatoms. The van der Waals surface area contributed by atoms with Crippen LogP contribution in [0.5, 0.6) is 0 Å². The van der Waals surface area contributed by atoms with Crippen LogP contribution in [0.4, 0.5) is 0 Å². The maximum absolute atomic E-state index is 5.56. The fourth-order valence-corrected chi connectivity index (χ4v) is 1.66. The Morgan fingerprint density at radius 2 is 2.31 bits per heavy atom. The molecule has 84 valence electrons. The Morgan fingerprint density at radius 1 is 1.50 bits per heavy atom. The van der Waals surface area contributed by atoms with E-state index in [-0.39, 0.29) is 4.99 Å². The smallest absolute Gasteiger partial charge is 0.167 e. The predicted octanol–water partition coefficient (Wildman–Crippen LogP) is 0.177. The van der Waals surface area contributed by atoms with E-state index in [2.05, 4.69) is 15.1 Å². The maximum atomic E-state index is 5.56. The van der Waals surface area contributed by atoms with Crippen LogP contribution in [0.1, 0.15) is 18.6 Å². The van der Waals surface area contributed by atoms with Gasteiger partial charge in [-0.3, -0.25) is 0 Å². The number of aromatic nitrogens is 5. The molecule has 0 bridgehead atoms. The molecule has 2 aromatic rings. The molecule has 0 aliphatic heterocycles. The van der Waals surface area contributed by atoms with Crippen molar-refractivity contribution >= 4 is 17.2 Å². The molecule has 0 atom stereocenters. The first-order valence-corrected chi connectivity index (χ1v) is 5.30. The molecule has 0 aliphatic rings. The molecule has 6 nitrogen and oxygen atoms in total. The van der Waals surface area contributed by atoms with Crippen LogP contribution in [0.3, 0.4) is 0 Å². The Balaban J connectivity index is 2.27. The highest BCUT2D eigenvalue weighted by atomic mass is 32.1. The molecule has 0 fully saturated rings. The predicted molar refractivity (Wildman–Crippen MR) is 62.9 cm³/mol. The van der Waals surface area contributed by atoms with E-state index < -0.39 is 0 Å². The van der Waals surface area contributed by atoms with Gasteiger partial charge in [0.15, 0.2) is 5.82 Å². The molecule has 0 aromatic carbocycles. The largest absolute Gasteiger partial charge is 0.387 e. The van der Waals surface area contributed by atoms with Gasteiger partial charge in [0.05, 0.1) is 6.54 Å². The van der Waals surface area contributed by atoms with Crippen LogP contribution in [0.15, 0.2) is 18.7 Å². The highest BCUT2D eigenvalue weighted by Gasteiger charge is 2.09. The molecule has 0 aliphatic carbocycles. The molecule has 2 rings (SSSR count). The summed E-state index contributed by atoms with van der Waals surface area (Å²) in [5.74, 6) is 1.46. The highest BCUT2D eigenvalue weighted by Crippen LogP contribution is 2.03. The Morgan fingerprint density at radius 3 is 3.00 bits per heavy atom. The lowest BCUT2D eigenvalue weighted by Gasteiger charge is -2.06. The van der Waals surface area contributed by atoms with Crippen molar-refractivity contribution in [2.45, 2.75) is 20.0 Å². The van der Waals surface area contributed by atoms with E-state index in [4.69, 9.17) is 18.0 Å². The van der Waals surface area contributed by atoms with Crippen molar-refractivity contribution in [2.24, 2.45) is 5.73 Å². The van der Waals surface area contributed by atoms with Crippen molar-refractivity contribution in [3.8, 4) is 0 Å². The summed E-state index contributed by atoms with van der Waals surface area (Å²) in [4.78, 5) is 8.56. The monoisotopic (exact) mass is 236 g/mol. The highest BCUT2D eigenvalue weighted by molar-refractivity contribution is 7.80. The number of hydrogen-bond donors (Lipinski definition) is 1. The summed E-state index contributed by atoms with van der Waals surface area (Å²) in [5, 5.41) is 4.10. The summed E-state index contributed by atoms with van der Waals surface area (Å²) in [5.41, 5.74) is 5.56. The number of rotatable bonds is 4. The van der Waals surface area contributed by atoms with Crippen LogP contribution in [-0.2, 0) is 13.1 Å². The second kappa shape index (κ2) is 4.40. The number of thiocarbonyl (C=S) groups is 1. The van der Waals surface area contributed by atoms with E-state index in [1.54, 1.807) is 6.20 Å². The molecule has 0 saturated carbocycles. The fraction of sp³-hybridized carbons (Fsp3) is 0.333. The van der Waals surface area contributed by atoms with Gasteiger partial charge in [0.25, 0.3) is 0 Å². The van der Waals surface area contributed by atoms with Crippen LogP contribution in [-0.4, -0.2) is 29.3 Å². The Labute approximate surface area is 98.1 Å². The van der Waals surface area contributed by atoms with Crippen molar-refractivity contribution in [1.82, 2.24) is 24.3 Å². The lowest BCUT2D eigenvalue weighted by atomic mass is 10.5. The Kier molecular flexibility index (Phi) is 2.95. The molecule has 0 amide bonds. The average molecular weight is 236 g/mol. The summed E-state index contributed by atoms with van der Waals surface area (Å²) in [7, 11) is 0. The van der Waals surface area contributed by atoms with E-state index in [0.29, 0.717) is 12.4 Å². The quantitative estimate of drug-likeness (QED) is 0.766. The van der Waals surface area contributed by atoms with Gasteiger partial charge in [0.1, 0.15) is 17.1 Å². The molecule has 0 unspecified atom stereocenters. The number of hydrogen-bond acceptors (Lipinski definition) is 4. The molecule has 2 aromatic heterocycles. The van der Waals surface area contributed by atoms with Gasteiger partial charge in [-0.15, -0.1) is 0 Å². The molecule has 16 heavy (non-hydrogen) atoms.